The lowest BCUT2D eigenvalue weighted by molar-refractivity contribution is 0.0986. The monoisotopic (exact) mass is 450 g/mol. The third-order valence-corrected chi connectivity index (χ3v) is 5.99. The minimum Gasteiger partial charge on any atom is -0.494 e. The fourth-order valence-electron chi connectivity index (χ4n) is 3.99. The lowest BCUT2D eigenvalue weighted by atomic mass is 9.96. The second-order valence-corrected chi connectivity index (χ2v) is 9.09. The number of Topliss-reactive ketones (excluding diaryl/α,β-unsaturated/α-hetero) is 2. The van der Waals surface area contributed by atoms with E-state index >= 15 is 0 Å². The molecule has 0 saturated carbocycles. The zero-order valence-corrected chi connectivity index (χ0v) is 19.8. The summed E-state index contributed by atoms with van der Waals surface area (Å²) in [6, 6.07) is 28.9. The molecule has 34 heavy (non-hydrogen) atoms. The molecule has 0 radical (unpaired) electrons. The molecule has 0 amide bonds. The summed E-state index contributed by atoms with van der Waals surface area (Å²) in [5.74, 6) is 1.40. The molecule has 0 atom stereocenters. The van der Waals surface area contributed by atoms with Gasteiger partial charge in [-0.25, -0.2) is 0 Å². The van der Waals surface area contributed by atoms with Gasteiger partial charge in [-0.15, -0.1) is 0 Å². The highest BCUT2D eigenvalue weighted by Crippen LogP contribution is 2.21. The number of benzene rings is 4. The largest absolute Gasteiger partial charge is 0.494 e. The van der Waals surface area contributed by atoms with Crippen LogP contribution in [0, 0.1) is 5.92 Å². The molecule has 0 aliphatic rings. The molecule has 0 saturated heterocycles. The van der Waals surface area contributed by atoms with E-state index in [0.29, 0.717) is 30.1 Å². The summed E-state index contributed by atoms with van der Waals surface area (Å²) < 4.78 is 5.79. The van der Waals surface area contributed by atoms with Gasteiger partial charge in [0.05, 0.1) is 6.61 Å². The fraction of sp³-hybridized carbons (Fsp3) is 0.226. The second kappa shape index (κ2) is 10.9. The van der Waals surface area contributed by atoms with Crippen molar-refractivity contribution in [3.8, 4) is 5.75 Å². The number of hydrogen-bond acceptors (Lipinski definition) is 3. The molecule has 0 spiro atoms. The SMILES string of the molecule is CC(C)CCOc1cccc(C(=O)Cc2ccc(C(=O)Cc3cccc4ccccc34)cc2)c1. The molecule has 0 aromatic heterocycles. The van der Waals surface area contributed by atoms with E-state index in [2.05, 4.69) is 32.0 Å². The number of hydrogen-bond donors (Lipinski definition) is 0. The van der Waals surface area contributed by atoms with Crippen molar-refractivity contribution in [2.24, 2.45) is 5.92 Å². The van der Waals surface area contributed by atoms with E-state index in [1.165, 1.54) is 0 Å². The van der Waals surface area contributed by atoms with Crippen LogP contribution in [-0.4, -0.2) is 18.2 Å². The van der Waals surface area contributed by atoms with Crippen LogP contribution < -0.4 is 4.74 Å². The Morgan fingerprint density at radius 2 is 1.44 bits per heavy atom. The van der Waals surface area contributed by atoms with Crippen molar-refractivity contribution in [3.63, 3.8) is 0 Å². The maximum absolute atomic E-state index is 12.9. The van der Waals surface area contributed by atoms with Crippen LogP contribution in [0.15, 0.2) is 91.0 Å². The van der Waals surface area contributed by atoms with Crippen LogP contribution in [0.5, 0.6) is 5.75 Å². The predicted molar refractivity (Wildman–Crippen MR) is 138 cm³/mol. The summed E-state index contributed by atoms with van der Waals surface area (Å²) in [5.41, 5.74) is 3.21. The predicted octanol–water partition coefficient (Wildman–Crippen LogP) is 7.12. The van der Waals surface area contributed by atoms with E-state index in [1.807, 2.05) is 72.8 Å². The Balaban J connectivity index is 1.39. The van der Waals surface area contributed by atoms with E-state index in [1.54, 1.807) is 0 Å². The van der Waals surface area contributed by atoms with Gasteiger partial charge in [0, 0.05) is 24.0 Å². The summed E-state index contributed by atoms with van der Waals surface area (Å²) in [6.45, 7) is 4.96. The van der Waals surface area contributed by atoms with E-state index < -0.39 is 0 Å². The molecule has 3 heteroatoms. The highest BCUT2D eigenvalue weighted by atomic mass is 16.5. The Morgan fingerprint density at radius 1 is 0.735 bits per heavy atom. The fourth-order valence-corrected chi connectivity index (χ4v) is 3.99. The highest BCUT2D eigenvalue weighted by Gasteiger charge is 2.12. The van der Waals surface area contributed by atoms with Gasteiger partial charge < -0.3 is 4.74 Å². The zero-order chi connectivity index (χ0) is 23.9. The van der Waals surface area contributed by atoms with Crippen LogP contribution >= 0.6 is 0 Å². The number of carbonyl (C=O) groups excluding carboxylic acids is 2. The molecule has 0 aliphatic carbocycles. The number of fused-ring (bicyclic) bond motifs is 1. The third kappa shape index (κ3) is 5.99. The Labute approximate surface area is 201 Å². The Hall–Kier alpha value is -3.72. The number of ketones is 2. The molecular weight excluding hydrogens is 420 g/mol. The van der Waals surface area contributed by atoms with E-state index in [-0.39, 0.29) is 18.0 Å². The molecule has 4 aromatic carbocycles. The molecule has 3 nitrogen and oxygen atoms in total. The van der Waals surface area contributed by atoms with Gasteiger partial charge in [0.25, 0.3) is 0 Å². The highest BCUT2D eigenvalue weighted by molar-refractivity contribution is 6.01. The van der Waals surface area contributed by atoms with Crippen molar-refractivity contribution in [2.75, 3.05) is 6.61 Å². The molecule has 0 heterocycles. The van der Waals surface area contributed by atoms with Crippen molar-refractivity contribution in [1.82, 2.24) is 0 Å². The summed E-state index contributed by atoms with van der Waals surface area (Å²) in [4.78, 5) is 25.7. The quantitative estimate of drug-likeness (QED) is 0.242. The lowest BCUT2D eigenvalue weighted by Gasteiger charge is -2.09. The van der Waals surface area contributed by atoms with Crippen molar-refractivity contribution < 1.29 is 14.3 Å². The standard InChI is InChI=1S/C31H30O3/c1-22(2)17-18-34-28-11-6-10-27(20-28)30(32)19-23-13-15-25(16-14-23)31(33)21-26-9-5-8-24-7-3-4-12-29(24)26/h3-16,20,22H,17-19,21H2,1-2H3. The van der Waals surface area contributed by atoms with E-state index in [4.69, 9.17) is 4.74 Å². The first-order valence-electron chi connectivity index (χ1n) is 11.8. The van der Waals surface area contributed by atoms with Crippen LogP contribution in [0.4, 0.5) is 0 Å². The molecular formula is C31H30O3. The molecule has 0 N–H and O–H groups in total. The first kappa shape index (κ1) is 23.4. The molecule has 0 aliphatic heterocycles. The van der Waals surface area contributed by atoms with Gasteiger partial charge in [-0.3, -0.25) is 9.59 Å². The van der Waals surface area contributed by atoms with Crippen LogP contribution in [0.1, 0.15) is 52.1 Å². The Kier molecular flexibility index (Phi) is 7.54. The molecule has 0 unspecified atom stereocenters. The molecule has 4 aromatic rings. The van der Waals surface area contributed by atoms with Gasteiger partial charge in [-0.1, -0.05) is 92.7 Å². The number of ether oxygens (including phenoxy) is 1. The van der Waals surface area contributed by atoms with Crippen LogP contribution in [0.25, 0.3) is 10.8 Å². The van der Waals surface area contributed by atoms with Gasteiger partial charge in [-0.05, 0) is 46.4 Å². The Bertz CT molecular complexity index is 1280. The van der Waals surface area contributed by atoms with Gasteiger partial charge in [0.15, 0.2) is 11.6 Å². The van der Waals surface area contributed by atoms with Crippen molar-refractivity contribution in [1.29, 1.82) is 0 Å². The summed E-state index contributed by atoms with van der Waals surface area (Å²) >= 11 is 0. The Morgan fingerprint density at radius 3 is 2.24 bits per heavy atom. The van der Waals surface area contributed by atoms with Gasteiger partial charge >= 0.3 is 0 Å². The summed E-state index contributed by atoms with van der Waals surface area (Å²) in [5, 5.41) is 2.24. The summed E-state index contributed by atoms with van der Waals surface area (Å²) in [7, 11) is 0. The molecule has 172 valence electrons. The first-order valence-corrected chi connectivity index (χ1v) is 11.8. The van der Waals surface area contributed by atoms with Crippen LogP contribution in [0.2, 0.25) is 0 Å². The average Bonchev–Trinajstić information content (AvgIpc) is 2.84. The van der Waals surface area contributed by atoms with Gasteiger partial charge in [0.2, 0.25) is 0 Å². The van der Waals surface area contributed by atoms with Crippen molar-refractivity contribution in [3.05, 3.63) is 113 Å². The molecule has 4 rings (SSSR count). The molecule has 0 fully saturated rings. The van der Waals surface area contributed by atoms with E-state index in [0.717, 1.165) is 34.1 Å². The number of carbonyl (C=O) groups is 2. The van der Waals surface area contributed by atoms with Crippen LogP contribution in [-0.2, 0) is 12.8 Å². The summed E-state index contributed by atoms with van der Waals surface area (Å²) in [6.07, 6.45) is 1.61. The zero-order valence-electron chi connectivity index (χ0n) is 19.8. The average molecular weight is 451 g/mol. The maximum atomic E-state index is 12.9. The first-order chi connectivity index (χ1) is 16.5. The lowest BCUT2D eigenvalue weighted by Crippen LogP contribution is -2.07. The second-order valence-electron chi connectivity index (χ2n) is 9.09. The minimum atomic E-state index is 0.0316. The number of rotatable bonds is 10. The van der Waals surface area contributed by atoms with Gasteiger partial charge in [-0.2, -0.15) is 0 Å². The van der Waals surface area contributed by atoms with Crippen LogP contribution in [0.3, 0.4) is 0 Å². The third-order valence-electron chi connectivity index (χ3n) is 5.99. The minimum absolute atomic E-state index is 0.0316. The van der Waals surface area contributed by atoms with E-state index in [9.17, 15) is 9.59 Å². The van der Waals surface area contributed by atoms with Gasteiger partial charge in [0.1, 0.15) is 5.75 Å². The smallest absolute Gasteiger partial charge is 0.167 e. The topological polar surface area (TPSA) is 43.4 Å². The van der Waals surface area contributed by atoms with Crippen molar-refractivity contribution >= 4 is 22.3 Å². The normalized spacial score (nSPS) is 11.0. The van der Waals surface area contributed by atoms with Crippen molar-refractivity contribution in [2.45, 2.75) is 33.1 Å². The molecule has 0 bridgehead atoms. The maximum Gasteiger partial charge on any atom is 0.167 e.